The Labute approximate surface area is 178 Å². The number of halogens is 2. The van der Waals surface area contributed by atoms with Gasteiger partial charge in [-0.25, -0.2) is 13.8 Å². The van der Waals surface area contributed by atoms with Gasteiger partial charge in [0.25, 0.3) is 5.91 Å². The zero-order chi connectivity index (χ0) is 22.5. The van der Waals surface area contributed by atoms with E-state index >= 15 is 0 Å². The van der Waals surface area contributed by atoms with Crippen LogP contribution in [0.3, 0.4) is 0 Å². The first-order chi connectivity index (χ1) is 14.8. The Bertz CT molecular complexity index is 1090. The van der Waals surface area contributed by atoms with Crippen LogP contribution in [0.2, 0.25) is 0 Å². The molecule has 1 aromatic carbocycles. The third-order valence-corrected chi connectivity index (χ3v) is 4.82. The molecule has 0 radical (unpaired) electrons. The summed E-state index contributed by atoms with van der Waals surface area (Å²) in [6.07, 6.45) is 3.63. The van der Waals surface area contributed by atoms with E-state index in [0.717, 1.165) is 6.07 Å². The Balaban J connectivity index is 1.98. The number of nitrogens with two attached hydrogens (primary N) is 2. The molecule has 0 saturated heterocycles. The summed E-state index contributed by atoms with van der Waals surface area (Å²) in [6.45, 7) is 3.71. The van der Waals surface area contributed by atoms with Crippen LogP contribution >= 0.6 is 0 Å². The lowest BCUT2D eigenvalue weighted by atomic mass is 10.1. The number of carbonyl (C=O) groups is 1. The Morgan fingerprint density at radius 2 is 1.87 bits per heavy atom. The maximum absolute atomic E-state index is 14.6. The third kappa shape index (κ3) is 5.13. The van der Waals surface area contributed by atoms with E-state index in [2.05, 4.69) is 20.6 Å². The molecule has 3 aromatic rings. The summed E-state index contributed by atoms with van der Waals surface area (Å²) < 4.78 is 28.7. The molecular formula is C22H24F2N6O. The lowest BCUT2D eigenvalue weighted by Gasteiger charge is -2.22. The number of hydrogen-bond donors (Lipinski definition) is 4. The first-order valence-corrected chi connectivity index (χ1v) is 9.79. The second-order valence-corrected chi connectivity index (χ2v) is 7.16. The van der Waals surface area contributed by atoms with Crippen LogP contribution in [0, 0.1) is 11.6 Å². The molecule has 2 heterocycles. The molecule has 0 saturated carbocycles. The molecule has 7 nitrogen and oxygen atoms in total. The highest BCUT2D eigenvalue weighted by atomic mass is 19.1. The third-order valence-electron chi connectivity index (χ3n) is 4.82. The topological polar surface area (TPSA) is 119 Å². The smallest absolute Gasteiger partial charge is 0.252 e. The van der Waals surface area contributed by atoms with Crippen LogP contribution in [0.5, 0.6) is 0 Å². The molecule has 9 heteroatoms. The average molecular weight is 426 g/mol. The lowest BCUT2D eigenvalue weighted by Crippen LogP contribution is -2.38. The van der Waals surface area contributed by atoms with Crippen molar-refractivity contribution < 1.29 is 13.6 Å². The second-order valence-electron chi connectivity index (χ2n) is 7.16. The molecule has 3 rings (SSSR count). The highest BCUT2D eigenvalue weighted by molar-refractivity contribution is 5.98. The summed E-state index contributed by atoms with van der Waals surface area (Å²) >= 11 is 0. The number of nitrogens with zero attached hydrogens (tertiary/aromatic N) is 2. The van der Waals surface area contributed by atoms with Crippen molar-refractivity contribution in [1.82, 2.24) is 9.97 Å². The molecule has 162 valence electrons. The summed E-state index contributed by atoms with van der Waals surface area (Å²) in [7, 11) is 0. The van der Waals surface area contributed by atoms with Crippen molar-refractivity contribution in [2.75, 3.05) is 10.6 Å². The molecule has 0 bridgehead atoms. The van der Waals surface area contributed by atoms with Gasteiger partial charge >= 0.3 is 0 Å². The molecule has 0 aliphatic rings. The fraction of sp³-hybridized carbons (Fsp3) is 0.227. The van der Waals surface area contributed by atoms with Gasteiger partial charge in [0.1, 0.15) is 11.6 Å². The van der Waals surface area contributed by atoms with Crippen LogP contribution in [0.1, 0.15) is 30.6 Å². The summed E-state index contributed by atoms with van der Waals surface area (Å²) in [5.74, 6) is -1.99. The van der Waals surface area contributed by atoms with E-state index < -0.39 is 17.5 Å². The van der Waals surface area contributed by atoms with Gasteiger partial charge in [0, 0.05) is 29.4 Å². The van der Waals surface area contributed by atoms with Crippen molar-refractivity contribution in [3.8, 4) is 11.1 Å². The molecule has 0 aliphatic heterocycles. The lowest BCUT2D eigenvalue weighted by molar-refractivity contribution is 0.100. The van der Waals surface area contributed by atoms with Crippen LogP contribution in [-0.2, 0) is 0 Å². The van der Waals surface area contributed by atoms with Crippen molar-refractivity contribution in [2.24, 2.45) is 11.5 Å². The van der Waals surface area contributed by atoms with E-state index in [1.807, 2.05) is 6.92 Å². The quantitative estimate of drug-likeness (QED) is 0.435. The number of aromatic nitrogens is 2. The zero-order valence-electron chi connectivity index (χ0n) is 17.2. The number of rotatable bonds is 8. The number of anilines is 3. The zero-order valence-corrected chi connectivity index (χ0v) is 17.2. The van der Waals surface area contributed by atoms with Crippen LogP contribution in [-0.4, -0.2) is 28.0 Å². The molecule has 6 N–H and O–H groups in total. The number of hydrogen-bond acceptors (Lipinski definition) is 6. The highest BCUT2D eigenvalue weighted by Crippen LogP contribution is 2.28. The van der Waals surface area contributed by atoms with Gasteiger partial charge in [0.15, 0.2) is 11.6 Å². The maximum Gasteiger partial charge on any atom is 0.252 e. The maximum atomic E-state index is 14.6. The normalized spacial score (nSPS) is 12.8. The number of nitrogens with one attached hydrogen (secondary N) is 2. The van der Waals surface area contributed by atoms with Crippen molar-refractivity contribution in [1.29, 1.82) is 0 Å². The molecular weight excluding hydrogens is 402 g/mol. The number of amides is 1. The van der Waals surface area contributed by atoms with E-state index in [1.54, 1.807) is 31.2 Å². The monoisotopic (exact) mass is 426 g/mol. The van der Waals surface area contributed by atoms with Crippen LogP contribution < -0.4 is 22.1 Å². The second kappa shape index (κ2) is 9.48. The van der Waals surface area contributed by atoms with Gasteiger partial charge in [-0.3, -0.25) is 9.78 Å². The first kappa shape index (κ1) is 22.1. The summed E-state index contributed by atoms with van der Waals surface area (Å²) in [5.41, 5.74) is 12.5. The van der Waals surface area contributed by atoms with Crippen molar-refractivity contribution in [3.05, 3.63) is 66.0 Å². The van der Waals surface area contributed by atoms with Gasteiger partial charge in [-0.15, -0.1) is 0 Å². The van der Waals surface area contributed by atoms with E-state index in [0.29, 0.717) is 23.2 Å². The standard InChI is InChI=1S/C22H24F2N6O/c1-3-19(12(2)25)29-22-18(24)9-16(20(26)31)21(30-22)28-14-8-13(10-27-11-14)15-6-4-5-7-17(15)23/h4-12,19H,3,25H2,1-2H3,(H2,26,31)(H2,28,29,30). The fourth-order valence-electron chi connectivity index (χ4n) is 3.14. The van der Waals surface area contributed by atoms with Gasteiger partial charge in [-0.1, -0.05) is 25.1 Å². The number of primary amides is 1. The van der Waals surface area contributed by atoms with E-state index in [-0.39, 0.29) is 29.3 Å². The molecule has 0 aliphatic carbocycles. The van der Waals surface area contributed by atoms with Gasteiger partial charge < -0.3 is 22.1 Å². The summed E-state index contributed by atoms with van der Waals surface area (Å²) in [5, 5.41) is 5.90. The predicted molar refractivity (Wildman–Crippen MR) is 117 cm³/mol. The Morgan fingerprint density at radius 1 is 1.13 bits per heavy atom. The average Bonchev–Trinajstić information content (AvgIpc) is 2.73. The molecule has 1 amide bonds. The summed E-state index contributed by atoms with van der Waals surface area (Å²) in [4.78, 5) is 20.2. The highest BCUT2D eigenvalue weighted by Gasteiger charge is 2.20. The molecule has 0 fully saturated rings. The predicted octanol–water partition coefficient (Wildman–Crippen LogP) is 3.80. The Kier molecular flexibility index (Phi) is 6.76. The van der Waals surface area contributed by atoms with Gasteiger partial charge in [0.05, 0.1) is 17.4 Å². The minimum absolute atomic E-state index is 0.0448. The van der Waals surface area contributed by atoms with E-state index in [9.17, 15) is 13.6 Å². The van der Waals surface area contributed by atoms with Crippen LogP contribution in [0.25, 0.3) is 11.1 Å². The van der Waals surface area contributed by atoms with E-state index in [4.69, 9.17) is 11.5 Å². The molecule has 2 unspecified atom stereocenters. The molecule has 0 spiro atoms. The molecule has 2 aromatic heterocycles. The Morgan fingerprint density at radius 3 is 2.52 bits per heavy atom. The van der Waals surface area contributed by atoms with Crippen molar-refractivity contribution in [3.63, 3.8) is 0 Å². The SMILES string of the molecule is CCC(Nc1nc(Nc2cncc(-c3ccccc3F)c2)c(C(N)=O)cc1F)C(C)N. The number of carbonyl (C=O) groups excluding carboxylic acids is 1. The van der Waals surface area contributed by atoms with Gasteiger partial charge in [-0.2, -0.15) is 0 Å². The number of benzene rings is 1. The largest absolute Gasteiger partial charge is 0.365 e. The fourth-order valence-corrected chi connectivity index (χ4v) is 3.14. The van der Waals surface area contributed by atoms with Gasteiger partial charge in [-0.05, 0) is 31.5 Å². The van der Waals surface area contributed by atoms with E-state index in [1.165, 1.54) is 18.5 Å². The van der Waals surface area contributed by atoms with Crippen molar-refractivity contribution in [2.45, 2.75) is 32.4 Å². The van der Waals surface area contributed by atoms with Crippen LogP contribution in [0.4, 0.5) is 26.1 Å². The molecule has 2 atom stereocenters. The number of pyridine rings is 2. The Hall–Kier alpha value is -3.59. The minimum Gasteiger partial charge on any atom is -0.365 e. The minimum atomic E-state index is -0.849. The van der Waals surface area contributed by atoms with Gasteiger partial charge in [0.2, 0.25) is 0 Å². The van der Waals surface area contributed by atoms with Crippen LogP contribution in [0.15, 0.2) is 48.8 Å². The molecule has 31 heavy (non-hydrogen) atoms. The van der Waals surface area contributed by atoms with Crippen molar-refractivity contribution >= 4 is 23.2 Å². The first-order valence-electron chi connectivity index (χ1n) is 9.79. The summed E-state index contributed by atoms with van der Waals surface area (Å²) in [6, 6.07) is 8.47.